The fraction of sp³-hybridized carbons (Fsp3) is 0.429. The van der Waals surface area contributed by atoms with Crippen LogP contribution in [0.15, 0.2) is 23.1 Å². The number of piperazine rings is 1. The Morgan fingerprint density at radius 1 is 1.08 bits per heavy atom. The maximum absolute atomic E-state index is 13.8. The van der Waals surface area contributed by atoms with Gasteiger partial charge in [0.05, 0.1) is 5.69 Å². The van der Waals surface area contributed by atoms with Crippen molar-refractivity contribution in [2.75, 3.05) is 42.5 Å². The van der Waals surface area contributed by atoms with E-state index in [1.807, 2.05) is 0 Å². The van der Waals surface area contributed by atoms with Gasteiger partial charge in [-0.25, -0.2) is 4.79 Å². The molecule has 2 aliphatic heterocycles. The molecule has 2 saturated heterocycles. The van der Waals surface area contributed by atoms with Crippen molar-refractivity contribution < 1.29 is 21.9 Å². The van der Waals surface area contributed by atoms with Gasteiger partial charge >= 0.3 is 16.3 Å². The molecule has 0 radical (unpaired) electrons. The predicted molar refractivity (Wildman–Crippen MR) is 85.3 cm³/mol. The molecular weight excluding hydrogens is 339 g/mol. The molecule has 0 unspecified atom stereocenters. The van der Waals surface area contributed by atoms with Crippen LogP contribution >= 0.6 is 0 Å². The van der Waals surface area contributed by atoms with Crippen molar-refractivity contribution in [2.45, 2.75) is 11.3 Å². The van der Waals surface area contributed by atoms with Gasteiger partial charge in [-0.2, -0.15) is 8.42 Å². The maximum Gasteiger partial charge on any atom is 0.334 e. The minimum absolute atomic E-state index is 0.100. The van der Waals surface area contributed by atoms with Gasteiger partial charge in [0.15, 0.2) is 0 Å². The molecule has 2 aliphatic rings. The Kier molecular flexibility index (Phi) is 4.41. The zero-order valence-electron chi connectivity index (χ0n) is 12.8. The number of nitrogens with one attached hydrogen (secondary N) is 2. The number of hydrogen-bond donors (Lipinski definition) is 2. The molecule has 130 valence electrons. The van der Waals surface area contributed by atoms with Crippen LogP contribution in [0.1, 0.15) is 6.42 Å². The van der Waals surface area contributed by atoms with E-state index < -0.39 is 27.1 Å². The van der Waals surface area contributed by atoms with Crippen LogP contribution in [0, 0.1) is 0 Å². The van der Waals surface area contributed by atoms with Gasteiger partial charge in [0.2, 0.25) is 5.91 Å². The van der Waals surface area contributed by atoms with Crippen LogP contribution in [0.25, 0.3) is 0 Å². The van der Waals surface area contributed by atoms with E-state index in [0.29, 0.717) is 26.2 Å². The van der Waals surface area contributed by atoms with Crippen molar-refractivity contribution in [1.29, 1.82) is 0 Å². The summed E-state index contributed by atoms with van der Waals surface area (Å²) in [5, 5.41) is 5.29. The lowest BCUT2D eigenvalue weighted by Gasteiger charge is -2.32. The SMILES string of the molecule is O=C1CCN(c2ccc(N3CCNCC3)c(S(=O)(=O)F)c2)C(=O)N1. The highest BCUT2D eigenvalue weighted by molar-refractivity contribution is 7.86. The summed E-state index contributed by atoms with van der Waals surface area (Å²) >= 11 is 0. The highest BCUT2D eigenvalue weighted by Gasteiger charge is 2.28. The number of nitrogens with zero attached hydrogens (tertiary/aromatic N) is 2. The molecule has 3 amide bonds. The van der Waals surface area contributed by atoms with Crippen LogP contribution in [0.5, 0.6) is 0 Å². The van der Waals surface area contributed by atoms with E-state index in [9.17, 15) is 21.9 Å². The van der Waals surface area contributed by atoms with Crippen molar-refractivity contribution in [3.05, 3.63) is 18.2 Å². The van der Waals surface area contributed by atoms with Gasteiger partial charge in [0, 0.05) is 44.8 Å². The third kappa shape index (κ3) is 3.34. The summed E-state index contributed by atoms with van der Waals surface area (Å²) in [4.78, 5) is 25.6. The number of amides is 3. The molecule has 2 N–H and O–H groups in total. The third-order valence-electron chi connectivity index (χ3n) is 4.03. The van der Waals surface area contributed by atoms with Crippen molar-refractivity contribution in [3.63, 3.8) is 0 Å². The van der Waals surface area contributed by atoms with E-state index in [4.69, 9.17) is 0 Å². The molecular formula is C14H17FN4O4S. The Labute approximate surface area is 138 Å². The Morgan fingerprint density at radius 2 is 1.79 bits per heavy atom. The monoisotopic (exact) mass is 356 g/mol. The lowest BCUT2D eigenvalue weighted by atomic mass is 10.2. The first-order valence-corrected chi connectivity index (χ1v) is 8.90. The van der Waals surface area contributed by atoms with Crippen LogP contribution in [-0.4, -0.2) is 53.1 Å². The number of anilines is 2. The largest absolute Gasteiger partial charge is 0.368 e. The van der Waals surface area contributed by atoms with E-state index in [0.717, 1.165) is 6.07 Å². The first-order valence-electron chi connectivity index (χ1n) is 7.52. The zero-order valence-corrected chi connectivity index (χ0v) is 13.6. The van der Waals surface area contributed by atoms with Gasteiger partial charge in [-0.1, -0.05) is 0 Å². The molecule has 0 aliphatic carbocycles. The quantitative estimate of drug-likeness (QED) is 0.751. The molecule has 0 aromatic heterocycles. The number of carbonyl (C=O) groups is 2. The molecule has 0 spiro atoms. The first kappa shape index (κ1) is 16.7. The minimum atomic E-state index is -4.96. The molecule has 10 heteroatoms. The molecule has 8 nitrogen and oxygen atoms in total. The van der Waals surface area contributed by atoms with Crippen LogP contribution in [0.4, 0.5) is 20.1 Å². The Hall–Kier alpha value is -2.20. The van der Waals surface area contributed by atoms with E-state index in [2.05, 4.69) is 10.6 Å². The van der Waals surface area contributed by atoms with Crippen molar-refractivity contribution in [2.24, 2.45) is 0 Å². The summed E-state index contributed by atoms with van der Waals surface area (Å²) in [6.07, 6.45) is 0.100. The molecule has 3 rings (SSSR count). The van der Waals surface area contributed by atoms with Crippen molar-refractivity contribution in [3.8, 4) is 0 Å². The van der Waals surface area contributed by atoms with Gasteiger partial charge in [-0.3, -0.25) is 15.0 Å². The van der Waals surface area contributed by atoms with E-state index >= 15 is 0 Å². The average molecular weight is 356 g/mol. The van der Waals surface area contributed by atoms with Crippen LogP contribution in [0.3, 0.4) is 0 Å². The molecule has 0 bridgehead atoms. The number of rotatable bonds is 3. The van der Waals surface area contributed by atoms with Crippen LogP contribution < -0.4 is 20.4 Å². The average Bonchev–Trinajstić information content (AvgIpc) is 2.54. The second kappa shape index (κ2) is 6.36. The van der Waals surface area contributed by atoms with Crippen molar-refractivity contribution >= 4 is 33.5 Å². The van der Waals surface area contributed by atoms with Crippen molar-refractivity contribution in [1.82, 2.24) is 10.6 Å². The molecule has 2 fully saturated rings. The molecule has 2 heterocycles. The number of imide groups is 1. The summed E-state index contributed by atoms with van der Waals surface area (Å²) in [7, 11) is -4.96. The Balaban J connectivity index is 1.98. The maximum atomic E-state index is 13.8. The highest BCUT2D eigenvalue weighted by atomic mass is 32.3. The normalized spacial score (nSPS) is 19.4. The number of hydrogen-bond acceptors (Lipinski definition) is 6. The minimum Gasteiger partial charge on any atom is -0.368 e. The smallest absolute Gasteiger partial charge is 0.334 e. The van der Waals surface area contributed by atoms with Gasteiger partial charge in [-0.05, 0) is 18.2 Å². The number of carbonyl (C=O) groups excluding carboxylic acids is 2. The summed E-state index contributed by atoms with van der Waals surface area (Å²) in [5.74, 6) is -0.396. The van der Waals surface area contributed by atoms with E-state index in [-0.39, 0.29) is 24.3 Å². The summed E-state index contributed by atoms with van der Waals surface area (Å²) < 4.78 is 37.0. The zero-order chi connectivity index (χ0) is 17.3. The van der Waals surface area contributed by atoms with Gasteiger partial charge < -0.3 is 10.2 Å². The Bertz CT molecular complexity index is 777. The Morgan fingerprint density at radius 3 is 2.42 bits per heavy atom. The third-order valence-corrected chi connectivity index (χ3v) is 4.88. The second-order valence-electron chi connectivity index (χ2n) is 5.58. The second-order valence-corrected chi connectivity index (χ2v) is 6.90. The molecule has 1 aromatic carbocycles. The number of urea groups is 1. The standard InChI is InChI=1S/C14H17FN4O4S/c15-24(22,23)12-9-10(19-6-3-13(20)17-14(19)21)1-2-11(12)18-7-4-16-5-8-18/h1-2,9,16H,3-8H2,(H,17,20,21). The van der Waals surface area contributed by atoms with Gasteiger partial charge in [0.1, 0.15) is 4.90 Å². The number of benzene rings is 1. The lowest BCUT2D eigenvalue weighted by molar-refractivity contribution is -0.120. The molecule has 0 saturated carbocycles. The molecule has 24 heavy (non-hydrogen) atoms. The molecule has 1 aromatic rings. The van der Waals surface area contributed by atoms with Gasteiger partial charge in [-0.15, -0.1) is 3.89 Å². The highest BCUT2D eigenvalue weighted by Crippen LogP contribution is 2.32. The summed E-state index contributed by atoms with van der Waals surface area (Å²) in [5.41, 5.74) is 0.506. The fourth-order valence-electron chi connectivity index (χ4n) is 2.84. The van der Waals surface area contributed by atoms with Gasteiger partial charge in [0.25, 0.3) is 0 Å². The summed E-state index contributed by atoms with van der Waals surface area (Å²) in [6.45, 7) is 2.57. The summed E-state index contributed by atoms with van der Waals surface area (Å²) in [6, 6.07) is 3.55. The topological polar surface area (TPSA) is 98.8 Å². The fourth-order valence-corrected chi connectivity index (χ4v) is 3.55. The predicted octanol–water partition coefficient (Wildman–Crippen LogP) is 0.201. The van der Waals surface area contributed by atoms with E-state index in [1.165, 1.54) is 11.0 Å². The van der Waals surface area contributed by atoms with Crippen LogP contribution in [0.2, 0.25) is 0 Å². The first-order chi connectivity index (χ1) is 11.4. The van der Waals surface area contributed by atoms with E-state index in [1.54, 1.807) is 11.0 Å². The lowest BCUT2D eigenvalue weighted by Crippen LogP contribution is -2.49. The van der Waals surface area contributed by atoms with Crippen LogP contribution in [-0.2, 0) is 15.0 Å². The molecule has 0 atom stereocenters. The number of halogens is 1.